The van der Waals surface area contributed by atoms with Gasteiger partial charge in [0.1, 0.15) is 11.4 Å². The van der Waals surface area contributed by atoms with Crippen LogP contribution in [0, 0.1) is 0 Å². The van der Waals surface area contributed by atoms with Crippen molar-refractivity contribution < 1.29 is 4.79 Å². The third-order valence-electron chi connectivity index (χ3n) is 3.24. The van der Waals surface area contributed by atoms with Crippen LogP contribution in [0.25, 0.3) is 10.9 Å². The number of benzene rings is 1. The first-order chi connectivity index (χ1) is 10.3. The Morgan fingerprint density at radius 3 is 2.90 bits per heavy atom. The molecule has 3 N–H and O–H groups in total. The maximum atomic E-state index is 12.3. The molecular formula is C15H14N4O2. The number of hydrogen-bond donors (Lipinski definition) is 3. The number of pyridine rings is 1. The van der Waals surface area contributed by atoms with Crippen LogP contribution in [0.4, 0.5) is 0 Å². The molecule has 1 amide bonds. The Bertz CT molecular complexity index is 821. The highest BCUT2D eigenvalue weighted by Crippen LogP contribution is 2.06. The Morgan fingerprint density at radius 1 is 1.24 bits per heavy atom. The lowest BCUT2D eigenvalue weighted by Gasteiger charge is -2.05. The van der Waals surface area contributed by atoms with Crippen molar-refractivity contribution in [1.82, 2.24) is 20.3 Å². The molecule has 21 heavy (non-hydrogen) atoms. The van der Waals surface area contributed by atoms with Gasteiger partial charge in [-0.2, -0.15) is 0 Å². The third-order valence-corrected chi connectivity index (χ3v) is 3.24. The van der Waals surface area contributed by atoms with Gasteiger partial charge in [-0.15, -0.1) is 0 Å². The highest BCUT2D eigenvalue weighted by Gasteiger charge is 2.12. The zero-order valence-corrected chi connectivity index (χ0v) is 11.2. The quantitative estimate of drug-likeness (QED) is 0.672. The fourth-order valence-corrected chi connectivity index (χ4v) is 2.16. The predicted octanol–water partition coefficient (Wildman–Crippen LogP) is 1.22. The summed E-state index contributed by atoms with van der Waals surface area (Å²) in [5.74, 6) is 0.413. The van der Waals surface area contributed by atoms with Crippen molar-refractivity contribution in [3.05, 3.63) is 64.5 Å². The molecule has 0 aliphatic carbocycles. The molecule has 0 unspecified atom stereocenters. The van der Waals surface area contributed by atoms with Gasteiger partial charge in [-0.25, -0.2) is 4.98 Å². The largest absolute Gasteiger partial charge is 0.360 e. The van der Waals surface area contributed by atoms with Gasteiger partial charge in [-0.1, -0.05) is 12.1 Å². The maximum Gasteiger partial charge on any atom is 0.256 e. The summed E-state index contributed by atoms with van der Waals surface area (Å²) in [6.45, 7) is 0.415. The molecular weight excluding hydrogens is 268 g/mol. The van der Waals surface area contributed by atoms with Gasteiger partial charge in [-0.05, 0) is 12.1 Å². The summed E-state index contributed by atoms with van der Waals surface area (Å²) >= 11 is 0. The van der Waals surface area contributed by atoms with E-state index in [4.69, 9.17) is 0 Å². The normalized spacial score (nSPS) is 10.7. The fourth-order valence-electron chi connectivity index (χ4n) is 2.16. The Kier molecular flexibility index (Phi) is 3.51. The number of para-hydroxylation sites is 1. The van der Waals surface area contributed by atoms with E-state index in [2.05, 4.69) is 20.3 Å². The number of carbonyl (C=O) groups is 1. The molecule has 0 bridgehead atoms. The minimum Gasteiger partial charge on any atom is -0.360 e. The predicted molar refractivity (Wildman–Crippen MR) is 79.2 cm³/mol. The molecule has 1 aromatic carbocycles. The lowest BCUT2D eigenvalue weighted by molar-refractivity contribution is 0.0953. The van der Waals surface area contributed by atoms with Crippen LogP contribution in [0.2, 0.25) is 0 Å². The summed E-state index contributed by atoms with van der Waals surface area (Å²) in [5, 5.41) is 3.23. The number of hydrogen-bond acceptors (Lipinski definition) is 3. The topological polar surface area (TPSA) is 90.6 Å². The molecule has 0 radical (unpaired) electrons. The number of nitrogens with zero attached hydrogens (tertiary/aromatic N) is 1. The van der Waals surface area contributed by atoms with Gasteiger partial charge < -0.3 is 15.3 Å². The first-order valence-electron chi connectivity index (χ1n) is 6.62. The first kappa shape index (κ1) is 13.1. The van der Waals surface area contributed by atoms with E-state index in [0.717, 1.165) is 11.3 Å². The van der Waals surface area contributed by atoms with E-state index in [1.807, 2.05) is 6.07 Å². The molecule has 0 saturated heterocycles. The Morgan fingerprint density at radius 2 is 2.10 bits per heavy atom. The molecule has 0 aliphatic heterocycles. The lowest BCUT2D eigenvalue weighted by atomic mass is 10.1. The Balaban J connectivity index is 1.75. The van der Waals surface area contributed by atoms with Crippen molar-refractivity contribution in [1.29, 1.82) is 0 Å². The number of carbonyl (C=O) groups excluding carboxylic acids is 1. The second-order valence-electron chi connectivity index (χ2n) is 4.62. The lowest BCUT2D eigenvalue weighted by Crippen LogP contribution is -2.30. The van der Waals surface area contributed by atoms with Crippen LogP contribution in [0.3, 0.4) is 0 Å². The van der Waals surface area contributed by atoms with E-state index in [1.165, 1.54) is 6.20 Å². The van der Waals surface area contributed by atoms with Crippen LogP contribution in [0.5, 0.6) is 0 Å². The molecule has 0 atom stereocenters. The SMILES string of the molecule is O=C(NCCc1ncc[nH]1)c1c[nH]c2ccccc2c1=O. The smallest absolute Gasteiger partial charge is 0.256 e. The van der Waals surface area contributed by atoms with Gasteiger partial charge >= 0.3 is 0 Å². The zero-order valence-electron chi connectivity index (χ0n) is 11.2. The number of aromatic amines is 2. The molecule has 3 rings (SSSR count). The molecule has 6 nitrogen and oxygen atoms in total. The summed E-state index contributed by atoms with van der Waals surface area (Å²) in [7, 11) is 0. The van der Waals surface area contributed by atoms with E-state index in [9.17, 15) is 9.59 Å². The number of imidazole rings is 1. The molecule has 2 aromatic heterocycles. The van der Waals surface area contributed by atoms with E-state index in [1.54, 1.807) is 30.6 Å². The van der Waals surface area contributed by atoms with Crippen molar-refractivity contribution in [2.75, 3.05) is 6.54 Å². The number of rotatable bonds is 4. The number of H-pyrrole nitrogens is 2. The first-order valence-corrected chi connectivity index (χ1v) is 6.62. The van der Waals surface area contributed by atoms with Gasteiger partial charge in [0, 0.05) is 42.5 Å². The van der Waals surface area contributed by atoms with Crippen molar-refractivity contribution in [3.8, 4) is 0 Å². The van der Waals surface area contributed by atoms with Crippen molar-refractivity contribution in [2.45, 2.75) is 6.42 Å². The average Bonchev–Trinajstić information content (AvgIpc) is 3.01. The number of amides is 1. The van der Waals surface area contributed by atoms with Gasteiger partial charge in [0.05, 0.1) is 0 Å². The fraction of sp³-hybridized carbons (Fsp3) is 0.133. The van der Waals surface area contributed by atoms with Crippen LogP contribution in [-0.4, -0.2) is 27.4 Å². The second-order valence-corrected chi connectivity index (χ2v) is 4.62. The minimum atomic E-state index is -0.381. The van der Waals surface area contributed by atoms with Crippen LogP contribution in [0.15, 0.2) is 47.7 Å². The number of nitrogens with one attached hydrogen (secondary N) is 3. The minimum absolute atomic E-state index is 0.119. The monoisotopic (exact) mass is 282 g/mol. The second kappa shape index (κ2) is 5.62. The summed E-state index contributed by atoms with van der Waals surface area (Å²) in [4.78, 5) is 34.3. The van der Waals surface area contributed by atoms with Gasteiger partial charge in [0.15, 0.2) is 0 Å². The van der Waals surface area contributed by atoms with Gasteiger partial charge in [0.2, 0.25) is 5.43 Å². The zero-order chi connectivity index (χ0) is 14.7. The molecule has 0 aliphatic rings. The molecule has 3 aromatic rings. The maximum absolute atomic E-state index is 12.3. The van der Waals surface area contributed by atoms with E-state index in [-0.39, 0.29) is 16.9 Å². The molecule has 0 spiro atoms. The van der Waals surface area contributed by atoms with E-state index < -0.39 is 0 Å². The van der Waals surface area contributed by atoms with Crippen LogP contribution >= 0.6 is 0 Å². The summed E-state index contributed by atoms with van der Waals surface area (Å²) in [6.07, 6.45) is 5.42. The van der Waals surface area contributed by atoms with Crippen LogP contribution in [-0.2, 0) is 6.42 Å². The highest BCUT2D eigenvalue weighted by atomic mass is 16.2. The molecule has 0 fully saturated rings. The van der Waals surface area contributed by atoms with E-state index >= 15 is 0 Å². The summed E-state index contributed by atoms with van der Waals surface area (Å²) in [6, 6.07) is 7.11. The van der Waals surface area contributed by atoms with E-state index in [0.29, 0.717) is 18.4 Å². The Labute approximate surface area is 120 Å². The van der Waals surface area contributed by atoms with Crippen molar-refractivity contribution in [2.24, 2.45) is 0 Å². The number of aromatic nitrogens is 3. The molecule has 0 saturated carbocycles. The van der Waals surface area contributed by atoms with Crippen molar-refractivity contribution >= 4 is 16.8 Å². The van der Waals surface area contributed by atoms with Crippen LogP contribution in [0.1, 0.15) is 16.2 Å². The van der Waals surface area contributed by atoms with Gasteiger partial charge in [-0.3, -0.25) is 9.59 Å². The van der Waals surface area contributed by atoms with Crippen LogP contribution < -0.4 is 10.7 Å². The van der Waals surface area contributed by atoms with Crippen molar-refractivity contribution in [3.63, 3.8) is 0 Å². The third kappa shape index (κ3) is 2.69. The average molecular weight is 282 g/mol. The summed E-state index contributed by atoms with van der Waals surface area (Å²) < 4.78 is 0. The summed E-state index contributed by atoms with van der Waals surface area (Å²) in [5.41, 5.74) is 0.572. The molecule has 2 heterocycles. The molecule has 6 heteroatoms. The highest BCUT2D eigenvalue weighted by molar-refractivity contribution is 5.97. The molecule has 106 valence electrons. The standard InChI is InChI=1S/C15H14N4O2/c20-14-10-3-1-2-4-12(10)19-9-11(14)15(21)18-6-5-13-16-7-8-17-13/h1-4,7-9H,5-6H2,(H,16,17)(H,18,21)(H,19,20). The van der Waals surface area contributed by atoms with Gasteiger partial charge in [0.25, 0.3) is 5.91 Å². The Hall–Kier alpha value is -2.89. The number of fused-ring (bicyclic) bond motifs is 1.